The van der Waals surface area contributed by atoms with E-state index in [9.17, 15) is 0 Å². The van der Waals surface area contributed by atoms with Crippen molar-refractivity contribution in [3.63, 3.8) is 0 Å². The van der Waals surface area contributed by atoms with Gasteiger partial charge >= 0.3 is 0 Å². The van der Waals surface area contributed by atoms with Gasteiger partial charge in [-0.2, -0.15) is 0 Å². The standard InChI is InChI=1S/C14H23N/c1-4-5-13(3)15-11-10-14-8-6-12(2)7-9-14/h6-9,13,15H,4-5,10-11H2,1-3H3. The zero-order valence-corrected chi connectivity index (χ0v) is 10.2. The van der Waals surface area contributed by atoms with E-state index in [1.54, 1.807) is 0 Å². The molecule has 0 saturated heterocycles. The van der Waals surface area contributed by atoms with Crippen LogP contribution in [0.25, 0.3) is 0 Å². The molecule has 1 aromatic carbocycles. The van der Waals surface area contributed by atoms with E-state index in [1.807, 2.05) is 0 Å². The molecule has 0 saturated carbocycles. The molecule has 0 aliphatic rings. The highest BCUT2D eigenvalue weighted by Gasteiger charge is 1.98. The molecule has 0 amide bonds. The molecule has 0 bridgehead atoms. The van der Waals surface area contributed by atoms with Crippen molar-refractivity contribution in [1.29, 1.82) is 0 Å². The van der Waals surface area contributed by atoms with Gasteiger partial charge in [-0.3, -0.25) is 0 Å². The predicted molar refractivity (Wildman–Crippen MR) is 67.3 cm³/mol. The highest BCUT2D eigenvalue weighted by atomic mass is 14.9. The van der Waals surface area contributed by atoms with E-state index in [0.717, 1.165) is 13.0 Å². The van der Waals surface area contributed by atoms with E-state index >= 15 is 0 Å². The van der Waals surface area contributed by atoms with Gasteiger partial charge in [0, 0.05) is 6.04 Å². The number of hydrogen-bond acceptors (Lipinski definition) is 1. The second-order valence-corrected chi connectivity index (χ2v) is 4.38. The van der Waals surface area contributed by atoms with Crippen LogP contribution in [-0.2, 0) is 6.42 Å². The second kappa shape index (κ2) is 6.62. The van der Waals surface area contributed by atoms with Gasteiger partial charge in [0.2, 0.25) is 0 Å². The van der Waals surface area contributed by atoms with E-state index in [1.165, 1.54) is 24.0 Å². The fraction of sp³-hybridized carbons (Fsp3) is 0.571. The lowest BCUT2D eigenvalue weighted by atomic mass is 10.1. The molecule has 0 heterocycles. The summed E-state index contributed by atoms with van der Waals surface area (Å²) in [6.07, 6.45) is 3.67. The molecule has 0 aliphatic carbocycles. The van der Waals surface area contributed by atoms with E-state index in [2.05, 4.69) is 50.4 Å². The normalized spacial score (nSPS) is 12.7. The fourth-order valence-electron chi connectivity index (χ4n) is 1.75. The molecule has 1 nitrogen and oxygen atoms in total. The first-order valence-corrected chi connectivity index (χ1v) is 6.01. The Labute approximate surface area is 93.9 Å². The van der Waals surface area contributed by atoms with Gasteiger partial charge in [-0.25, -0.2) is 0 Å². The van der Waals surface area contributed by atoms with Gasteiger partial charge in [-0.1, -0.05) is 43.2 Å². The van der Waals surface area contributed by atoms with Crippen LogP contribution < -0.4 is 5.32 Å². The molecule has 1 rings (SSSR count). The molecular weight excluding hydrogens is 182 g/mol. The highest BCUT2D eigenvalue weighted by molar-refractivity contribution is 5.21. The Morgan fingerprint density at radius 1 is 1.20 bits per heavy atom. The Kier molecular flexibility index (Phi) is 5.41. The van der Waals surface area contributed by atoms with Crippen molar-refractivity contribution in [3.8, 4) is 0 Å². The number of rotatable bonds is 6. The van der Waals surface area contributed by atoms with Crippen molar-refractivity contribution in [2.24, 2.45) is 0 Å². The van der Waals surface area contributed by atoms with Crippen LogP contribution in [0.4, 0.5) is 0 Å². The van der Waals surface area contributed by atoms with Gasteiger partial charge in [0.25, 0.3) is 0 Å². The van der Waals surface area contributed by atoms with Gasteiger partial charge in [-0.05, 0) is 38.8 Å². The van der Waals surface area contributed by atoms with Gasteiger partial charge in [0.05, 0.1) is 0 Å². The summed E-state index contributed by atoms with van der Waals surface area (Å²) < 4.78 is 0. The van der Waals surface area contributed by atoms with Gasteiger partial charge < -0.3 is 5.32 Å². The van der Waals surface area contributed by atoms with E-state index in [-0.39, 0.29) is 0 Å². The van der Waals surface area contributed by atoms with Crippen molar-refractivity contribution in [2.45, 2.75) is 46.1 Å². The average molecular weight is 205 g/mol. The fourth-order valence-corrected chi connectivity index (χ4v) is 1.75. The van der Waals surface area contributed by atoms with Crippen molar-refractivity contribution in [1.82, 2.24) is 5.32 Å². The van der Waals surface area contributed by atoms with Gasteiger partial charge in [0.1, 0.15) is 0 Å². The zero-order valence-electron chi connectivity index (χ0n) is 10.2. The summed E-state index contributed by atoms with van der Waals surface area (Å²) in [7, 11) is 0. The molecule has 0 aromatic heterocycles. The maximum atomic E-state index is 3.55. The predicted octanol–water partition coefficient (Wildman–Crippen LogP) is 3.32. The van der Waals surface area contributed by atoms with Crippen molar-refractivity contribution in [2.75, 3.05) is 6.54 Å². The lowest BCUT2D eigenvalue weighted by Gasteiger charge is -2.12. The Bertz CT molecular complexity index is 263. The summed E-state index contributed by atoms with van der Waals surface area (Å²) in [6, 6.07) is 9.47. The Hall–Kier alpha value is -0.820. The minimum Gasteiger partial charge on any atom is -0.314 e. The van der Waals surface area contributed by atoms with Gasteiger partial charge in [-0.15, -0.1) is 0 Å². The lowest BCUT2D eigenvalue weighted by Crippen LogP contribution is -2.27. The molecule has 1 N–H and O–H groups in total. The summed E-state index contributed by atoms with van der Waals surface area (Å²) in [4.78, 5) is 0. The van der Waals surface area contributed by atoms with Crippen LogP contribution in [0.15, 0.2) is 24.3 Å². The van der Waals surface area contributed by atoms with E-state index in [0.29, 0.717) is 6.04 Å². The third-order valence-electron chi connectivity index (χ3n) is 2.75. The first kappa shape index (κ1) is 12.3. The average Bonchev–Trinajstić information content (AvgIpc) is 2.21. The number of aryl methyl sites for hydroxylation is 1. The Morgan fingerprint density at radius 3 is 2.47 bits per heavy atom. The van der Waals surface area contributed by atoms with Crippen LogP contribution in [0, 0.1) is 6.92 Å². The smallest absolute Gasteiger partial charge is 0.00387 e. The Balaban J connectivity index is 2.22. The quantitative estimate of drug-likeness (QED) is 0.751. The summed E-state index contributed by atoms with van der Waals surface area (Å²) in [5.74, 6) is 0. The molecule has 0 aliphatic heterocycles. The van der Waals surface area contributed by atoms with E-state index < -0.39 is 0 Å². The maximum Gasteiger partial charge on any atom is 0.00387 e. The zero-order chi connectivity index (χ0) is 11.1. The van der Waals surface area contributed by atoms with Gasteiger partial charge in [0.15, 0.2) is 0 Å². The minimum absolute atomic E-state index is 0.653. The first-order chi connectivity index (χ1) is 7.22. The third kappa shape index (κ3) is 4.98. The molecule has 0 spiro atoms. The molecule has 1 aromatic rings. The summed E-state index contributed by atoms with van der Waals surface area (Å²) in [5, 5.41) is 3.55. The maximum absolute atomic E-state index is 3.55. The lowest BCUT2D eigenvalue weighted by molar-refractivity contribution is 0.512. The topological polar surface area (TPSA) is 12.0 Å². The first-order valence-electron chi connectivity index (χ1n) is 6.01. The number of nitrogens with one attached hydrogen (secondary N) is 1. The van der Waals surface area contributed by atoms with Crippen LogP contribution in [0.2, 0.25) is 0 Å². The summed E-state index contributed by atoms with van der Waals surface area (Å²) in [5.41, 5.74) is 2.77. The molecule has 15 heavy (non-hydrogen) atoms. The van der Waals surface area contributed by atoms with Crippen LogP contribution in [-0.4, -0.2) is 12.6 Å². The minimum atomic E-state index is 0.653. The van der Waals surface area contributed by atoms with Crippen molar-refractivity contribution < 1.29 is 0 Å². The van der Waals surface area contributed by atoms with Crippen LogP contribution >= 0.6 is 0 Å². The monoisotopic (exact) mass is 205 g/mol. The van der Waals surface area contributed by atoms with Crippen LogP contribution in [0.5, 0.6) is 0 Å². The van der Waals surface area contributed by atoms with Crippen LogP contribution in [0.3, 0.4) is 0 Å². The molecule has 1 unspecified atom stereocenters. The molecule has 0 radical (unpaired) electrons. The molecular formula is C14H23N. The largest absolute Gasteiger partial charge is 0.314 e. The number of benzene rings is 1. The molecule has 1 atom stereocenters. The highest BCUT2D eigenvalue weighted by Crippen LogP contribution is 2.03. The molecule has 84 valence electrons. The van der Waals surface area contributed by atoms with Crippen molar-refractivity contribution >= 4 is 0 Å². The van der Waals surface area contributed by atoms with Crippen LogP contribution in [0.1, 0.15) is 37.8 Å². The summed E-state index contributed by atoms with van der Waals surface area (Å²) in [6.45, 7) is 7.71. The SMILES string of the molecule is CCCC(C)NCCc1ccc(C)cc1. The summed E-state index contributed by atoms with van der Waals surface area (Å²) >= 11 is 0. The second-order valence-electron chi connectivity index (χ2n) is 4.38. The number of hydrogen-bond donors (Lipinski definition) is 1. The third-order valence-corrected chi connectivity index (χ3v) is 2.75. The Morgan fingerprint density at radius 2 is 1.87 bits per heavy atom. The van der Waals surface area contributed by atoms with E-state index in [4.69, 9.17) is 0 Å². The van der Waals surface area contributed by atoms with Crippen molar-refractivity contribution in [3.05, 3.63) is 35.4 Å². The molecule has 1 heteroatoms. The molecule has 0 fully saturated rings.